The fourth-order valence-corrected chi connectivity index (χ4v) is 11.6. The molecule has 0 unspecified atom stereocenters. The maximum Gasteiger partial charge on any atom is 0.303 e. The molecule has 1 fully saturated rings. The van der Waals surface area contributed by atoms with Crippen LogP contribution in [0.4, 0.5) is 0 Å². The first-order valence-electron chi connectivity index (χ1n) is 36.1. The van der Waals surface area contributed by atoms with Gasteiger partial charge in [0.15, 0.2) is 11.9 Å². The van der Waals surface area contributed by atoms with Crippen LogP contribution in [0.3, 0.4) is 0 Å². The van der Waals surface area contributed by atoms with E-state index in [2.05, 4.69) is 63.8 Å². The van der Waals surface area contributed by atoms with Crippen molar-refractivity contribution in [1.82, 2.24) is 68.7 Å². The van der Waals surface area contributed by atoms with Gasteiger partial charge in [-0.25, -0.2) is 0 Å². The molecular weight excluding hydrogens is 1350 g/mol. The Kier molecular flexibility index (Phi) is 41.0. The van der Waals surface area contributed by atoms with Gasteiger partial charge >= 0.3 is 5.97 Å². The summed E-state index contributed by atoms with van der Waals surface area (Å²) < 4.78 is 0. The molecule has 35 heteroatoms. The summed E-state index contributed by atoms with van der Waals surface area (Å²) in [5.74, 6) is -13.3. The lowest BCUT2D eigenvalue weighted by Crippen LogP contribution is -2.61. The molecular formula is C69H120N20O15. The first-order valence-corrected chi connectivity index (χ1v) is 36.1. The minimum Gasteiger partial charge on any atom is -0.508 e. The molecule has 1 aromatic rings. The van der Waals surface area contributed by atoms with Crippen LogP contribution in [0.1, 0.15) is 178 Å². The van der Waals surface area contributed by atoms with Gasteiger partial charge in [0, 0.05) is 38.4 Å². The molecule has 12 atom stereocenters. The highest BCUT2D eigenvalue weighted by atomic mass is 16.4. The number of primary amides is 1. The number of rotatable bonds is 49. The highest BCUT2D eigenvalue weighted by Crippen LogP contribution is 2.23. The van der Waals surface area contributed by atoms with Crippen LogP contribution in [0.2, 0.25) is 0 Å². The first-order chi connectivity index (χ1) is 48.9. The third-order valence-corrected chi connectivity index (χ3v) is 17.4. The van der Waals surface area contributed by atoms with E-state index in [0.29, 0.717) is 63.6 Å². The molecule has 0 spiro atoms. The smallest absolute Gasteiger partial charge is 0.303 e. The molecule has 1 aliphatic heterocycles. The zero-order valence-electron chi connectivity index (χ0n) is 62.1. The molecule has 26 N–H and O–H groups in total. The Hall–Kier alpha value is -9.41. The van der Waals surface area contributed by atoms with E-state index < -0.39 is 168 Å². The van der Waals surface area contributed by atoms with Crippen LogP contribution in [-0.4, -0.2) is 203 Å². The number of nitrogens with one attached hydrogen (secondary N) is 14. The molecule has 0 aliphatic carbocycles. The van der Waals surface area contributed by atoms with E-state index in [0.717, 1.165) is 0 Å². The van der Waals surface area contributed by atoms with Crippen molar-refractivity contribution < 1.29 is 72.5 Å². The molecule has 1 aliphatic rings. The Morgan fingerprint density at radius 1 is 0.481 bits per heavy atom. The number of guanidine groups is 2. The number of carboxylic acid groups (broad SMARTS) is 1. The summed E-state index contributed by atoms with van der Waals surface area (Å²) >= 11 is 0. The number of likely N-dealkylation sites (tertiary alicyclic amines) is 1. The predicted octanol–water partition coefficient (Wildman–Crippen LogP) is -2.03. The highest BCUT2D eigenvalue weighted by molar-refractivity contribution is 5.99. The fraction of sp³-hybridized carbons (Fsp3) is 0.696. The van der Waals surface area contributed by atoms with E-state index in [1.165, 1.54) is 24.0 Å². The molecule has 1 saturated heterocycles. The van der Waals surface area contributed by atoms with Crippen LogP contribution < -0.4 is 92.5 Å². The number of hydrogen-bond donors (Lipinski definition) is 21. The second-order valence-electron chi connectivity index (χ2n) is 28.2. The van der Waals surface area contributed by atoms with E-state index in [1.807, 2.05) is 0 Å². The molecule has 1 heterocycles. The molecule has 12 amide bonds. The minimum absolute atomic E-state index is 0.0107. The van der Waals surface area contributed by atoms with Gasteiger partial charge in [0.1, 0.15) is 72.2 Å². The van der Waals surface area contributed by atoms with Crippen molar-refractivity contribution in [2.24, 2.45) is 58.3 Å². The quantitative estimate of drug-likeness (QED) is 0.0190. The van der Waals surface area contributed by atoms with Crippen molar-refractivity contribution in [3.63, 3.8) is 0 Å². The Morgan fingerprint density at radius 3 is 1.33 bits per heavy atom. The third-order valence-electron chi connectivity index (χ3n) is 17.4. The Labute approximate surface area is 610 Å². The minimum atomic E-state index is -1.63. The number of benzene rings is 1. The van der Waals surface area contributed by atoms with Gasteiger partial charge in [-0.1, -0.05) is 74.4 Å². The summed E-state index contributed by atoms with van der Waals surface area (Å²) in [6.07, 6.45) is 2.41. The molecule has 586 valence electrons. The average Bonchev–Trinajstić information content (AvgIpc) is 1.61. The van der Waals surface area contributed by atoms with E-state index in [-0.39, 0.29) is 106 Å². The number of aromatic hydroxyl groups is 1. The van der Waals surface area contributed by atoms with E-state index in [4.69, 9.17) is 39.5 Å². The van der Waals surface area contributed by atoms with Gasteiger partial charge in [-0.05, 0) is 158 Å². The summed E-state index contributed by atoms with van der Waals surface area (Å²) in [5.41, 5.74) is 28.7. The van der Waals surface area contributed by atoms with E-state index >= 15 is 0 Å². The number of phenols is 1. The Balaban J connectivity index is 2.39. The fourth-order valence-electron chi connectivity index (χ4n) is 11.6. The summed E-state index contributed by atoms with van der Waals surface area (Å²) in [5, 5.41) is 66.4. The Bertz CT molecular complexity index is 3030. The van der Waals surface area contributed by atoms with Gasteiger partial charge in [-0.3, -0.25) is 73.1 Å². The largest absolute Gasteiger partial charge is 0.508 e. The number of nitrogens with zero attached hydrogens (tertiary/aromatic N) is 1. The number of carboxylic acids is 1. The lowest BCUT2D eigenvalue weighted by atomic mass is 9.98. The lowest BCUT2D eigenvalue weighted by Gasteiger charge is -2.30. The second-order valence-corrected chi connectivity index (χ2v) is 28.2. The van der Waals surface area contributed by atoms with Crippen molar-refractivity contribution >= 4 is 88.8 Å². The van der Waals surface area contributed by atoms with Gasteiger partial charge in [0.05, 0.1) is 0 Å². The summed E-state index contributed by atoms with van der Waals surface area (Å²) in [6.45, 7) is 18.0. The number of hydrogen-bond acceptors (Lipinski definition) is 18. The predicted molar refractivity (Wildman–Crippen MR) is 389 cm³/mol. The molecule has 1 aromatic carbocycles. The lowest BCUT2D eigenvalue weighted by molar-refractivity contribution is -0.142. The molecule has 104 heavy (non-hydrogen) atoms. The number of carbonyl (C=O) groups is 13. The molecule has 2 rings (SSSR count). The third kappa shape index (κ3) is 33.8. The van der Waals surface area contributed by atoms with Crippen LogP contribution in [0.5, 0.6) is 5.75 Å². The summed E-state index contributed by atoms with van der Waals surface area (Å²) in [4.78, 5) is 182. The monoisotopic (exact) mass is 1470 g/mol. The van der Waals surface area contributed by atoms with Gasteiger partial charge in [-0.2, -0.15) is 0 Å². The van der Waals surface area contributed by atoms with Crippen molar-refractivity contribution in [2.45, 2.75) is 245 Å². The van der Waals surface area contributed by atoms with Gasteiger partial charge in [-0.15, -0.1) is 0 Å². The van der Waals surface area contributed by atoms with Gasteiger partial charge in [0.25, 0.3) is 0 Å². The van der Waals surface area contributed by atoms with Crippen LogP contribution in [-0.2, 0) is 68.7 Å². The van der Waals surface area contributed by atoms with Crippen molar-refractivity contribution in [2.75, 3.05) is 32.7 Å². The Morgan fingerprint density at radius 2 is 0.875 bits per heavy atom. The van der Waals surface area contributed by atoms with Crippen molar-refractivity contribution in [1.29, 1.82) is 10.8 Å². The summed E-state index contributed by atoms with van der Waals surface area (Å²) in [7, 11) is 0. The number of carbonyl (C=O) groups excluding carboxylic acids is 12. The number of nitrogens with two attached hydrogens (primary N) is 5. The first kappa shape index (κ1) is 90.7. The maximum absolute atomic E-state index is 14.5. The molecule has 35 nitrogen and oxygen atoms in total. The molecule has 0 aromatic heterocycles. The molecule has 0 radical (unpaired) electrons. The second kappa shape index (κ2) is 47.0. The van der Waals surface area contributed by atoms with Crippen LogP contribution >= 0.6 is 0 Å². The van der Waals surface area contributed by atoms with E-state index in [1.54, 1.807) is 74.4 Å². The summed E-state index contributed by atoms with van der Waals surface area (Å²) in [6, 6.07) is -8.43. The number of aliphatic carboxylic acids is 1. The van der Waals surface area contributed by atoms with Gasteiger partial charge in [0.2, 0.25) is 70.9 Å². The standard InChI is InChI=1S/C69H120N20O15/c1-37(2)34-50(86-63(100)51(35-38(3)4)85-59(96)45(19-11-13-29-70)81-58(95)47(21-16-32-78-69(75)76)83-64(101)52-22-17-33-89(52)67(104)41(9)18-15-31-77-68(73)74)62(99)79-42(10)57(94)80-48(27-28-53(91)92)60(97)82-46(20-12-14-30-71)61(98)87-55(40(7)8)66(103)88-54(39(5)6)65(102)84-49(56(72)93)36-43-23-25-44(90)26-24-43/h23-26,37-42,45-52,54-55,90H,11-22,27-36,70-71H2,1-10H3,(H2,72,93)(H,79,99)(H,80,94)(H,81,95)(H,82,97)(H,83,101)(H,84,102)(H,85,96)(H,86,100)(H,87,98)(H,88,103)(H,91,92)(H4,73,74,77)(H4,75,76,78)/t41-,42-,45-,46-,47-,48-,49-,50-,51-,52-,54-,55-/m0/s1. The number of phenolic OH excluding ortho intramolecular Hbond substituents is 1. The highest BCUT2D eigenvalue weighted by Gasteiger charge is 2.40. The number of unbranched alkanes of at least 4 members (excludes halogenated alkanes) is 2. The zero-order valence-corrected chi connectivity index (χ0v) is 62.1. The maximum atomic E-state index is 14.5. The van der Waals surface area contributed by atoms with Crippen molar-refractivity contribution in [3.8, 4) is 5.75 Å². The normalized spacial score (nSPS) is 15.9. The van der Waals surface area contributed by atoms with Crippen LogP contribution in [0.25, 0.3) is 0 Å². The van der Waals surface area contributed by atoms with E-state index in [9.17, 15) is 72.5 Å². The van der Waals surface area contributed by atoms with Crippen LogP contribution in [0, 0.1) is 40.4 Å². The zero-order chi connectivity index (χ0) is 78.5. The van der Waals surface area contributed by atoms with Crippen LogP contribution in [0.15, 0.2) is 24.3 Å². The topological polar surface area (TPSA) is 588 Å². The number of amides is 12. The van der Waals surface area contributed by atoms with Crippen molar-refractivity contribution in [3.05, 3.63) is 29.8 Å². The molecule has 0 bridgehead atoms. The molecule has 0 saturated carbocycles. The SMILES string of the molecule is CC(C)C[C@H](NC(=O)[C@H](CC(C)C)NC(=O)[C@H](CCCCN)NC(=O)[C@H](CCCNC(=N)N)NC(=O)[C@@H]1CCCN1C(=O)[C@@H](C)CCCNC(=N)N)C(=O)N[C@@H](C)C(=O)N[C@@H](CCC(=O)O)C(=O)N[C@@H](CCCCN)C(=O)N[C@H](C(=O)N[C@H](C(=O)N[C@@H](Cc1ccc(O)cc1)C(N)=O)C(C)C)C(C)C. The average molecular weight is 1470 g/mol. The van der Waals surface area contributed by atoms with Gasteiger partial charge < -0.3 is 108 Å².